The molecule has 0 saturated heterocycles. The van der Waals surface area contributed by atoms with Crippen molar-refractivity contribution in [2.75, 3.05) is 17.2 Å². The predicted molar refractivity (Wildman–Crippen MR) is 199 cm³/mol. The Labute approximate surface area is 296 Å². The SMILES string of the molecule is CCC(C)(C)c1ccc(OC(C)CCNc2ccc(Cl)c(NC(=O)C(Oc3ccc(C(=O)O)cc3)C(=O)C(C)(C)C)c2)c(C(C)(C)CC)c1. The zero-order valence-corrected chi connectivity index (χ0v) is 31.4. The lowest BCUT2D eigenvalue weighted by molar-refractivity contribution is -0.140. The number of carbonyl (C=O) groups is 3. The summed E-state index contributed by atoms with van der Waals surface area (Å²) in [5.41, 5.74) is 2.79. The Bertz CT molecular complexity index is 1620. The third kappa shape index (κ3) is 10.5. The number of ether oxygens (including phenoxy) is 2. The number of ketones is 1. The molecule has 0 saturated carbocycles. The van der Waals surface area contributed by atoms with Crippen LogP contribution in [0.15, 0.2) is 60.7 Å². The quantitative estimate of drug-likeness (QED) is 0.128. The van der Waals surface area contributed by atoms with E-state index >= 15 is 0 Å². The normalized spacial score (nSPS) is 13.3. The number of carboxylic acid groups (broad SMARTS) is 1. The van der Waals surface area contributed by atoms with Crippen molar-refractivity contribution in [3.8, 4) is 11.5 Å². The van der Waals surface area contributed by atoms with Crippen LogP contribution in [0.1, 0.15) is 110 Å². The molecule has 2 unspecified atom stereocenters. The lowest BCUT2D eigenvalue weighted by Gasteiger charge is -2.31. The van der Waals surface area contributed by atoms with E-state index < -0.39 is 29.2 Å². The number of carboxylic acids is 1. The molecule has 266 valence electrons. The molecule has 3 rings (SSSR count). The van der Waals surface area contributed by atoms with Crippen LogP contribution in [0.3, 0.4) is 0 Å². The van der Waals surface area contributed by atoms with Crippen LogP contribution in [-0.4, -0.2) is 41.5 Å². The second kappa shape index (κ2) is 16.1. The molecule has 0 radical (unpaired) electrons. The minimum atomic E-state index is -1.49. The summed E-state index contributed by atoms with van der Waals surface area (Å²) in [6.45, 7) is 21.2. The molecule has 1 amide bonds. The van der Waals surface area contributed by atoms with Gasteiger partial charge in [0.05, 0.1) is 22.4 Å². The molecule has 0 spiro atoms. The van der Waals surface area contributed by atoms with Gasteiger partial charge in [-0.05, 0) is 84.7 Å². The number of Topliss-reactive ketones (excluding diaryl/α,β-unsaturated/α-hetero) is 1. The van der Waals surface area contributed by atoms with Gasteiger partial charge >= 0.3 is 5.97 Å². The zero-order valence-electron chi connectivity index (χ0n) is 30.6. The first-order valence-corrected chi connectivity index (χ1v) is 17.4. The lowest BCUT2D eigenvalue weighted by atomic mass is 9.76. The summed E-state index contributed by atoms with van der Waals surface area (Å²) < 4.78 is 12.3. The van der Waals surface area contributed by atoms with E-state index in [0.717, 1.165) is 30.7 Å². The molecule has 49 heavy (non-hydrogen) atoms. The highest BCUT2D eigenvalue weighted by Gasteiger charge is 2.37. The third-order valence-electron chi connectivity index (χ3n) is 9.26. The van der Waals surface area contributed by atoms with Crippen molar-refractivity contribution in [3.63, 3.8) is 0 Å². The van der Waals surface area contributed by atoms with Crippen LogP contribution in [0, 0.1) is 5.41 Å². The Hall–Kier alpha value is -4.04. The molecule has 3 aromatic rings. The van der Waals surface area contributed by atoms with Crippen LogP contribution in [0.4, 0.5) is 11.4 Å². The molecule has 0 aliphatic heterocycles. The summed E-state index contributed by atoms with van der Waals surface area (Å²) >= 11 is 6.46. The maximum Gasteiger partial charge on any atom is 0.335 e. The van der Waals surface area contributed by atoms with E-state index in [9.17, 15) is 19.5 Å². The van der Waals surface area contributed by atoms with E-state index in [-0.39, 0.29) is 28.2 Å². The fraction of sp³-hybridized carbons (Fsp3) is 0.475. The highest BCUT2D eigenvalue weighted by Crippen LogP contribution is 2.39. The average molecular weight is 693 g/mol. The standard InChI is InChI=1S/C40H53ClN2O6/c1-11-39(7,8)27-15-20-33(30(23-27)40(9,10)12-2)48-25(3)21-22-42-28-16-19-31(41)32(24-28)43-36(45)34(35(44)38(4,5)6)49-29-17-13-26(14-18-29)37(46)47/h13-20,23-25,34,42H,11-12,21-22H2,1-10H3,(H,43,45)(H,46,47). The van der Waals surface area contributed by atoms with Crippen molar-refractivity contribution in [3.05, 3.63) is 82.4 Å². The number of aromatic carboxylic acids is 1. The van der Waals surface area contributed by atoms with E-state index in [4.69, 9.17) is 21.1 Å². The van der Waals surface area contributed by atoms with Gasteiger partial charge in [-0.25, -0.2) is 4.79 Å². The molecular formula is C40H53ClN2O6. The Morgan fingerprint density at radius 3 is 2.04 bits per heavy atom. The summed E-state index contributed by atoms with van der Waals surface area (Å²) in [4.78, 5) is 38.0. The van der Waals surface area contributed by atoms with Gasteiger partial charge in [-0.1, -0.05) is 86.0 Å². The van der Waals surface area contributed by atoms with Crippen molar-refractivity contribution in [1.29, 1.82) is 0 Å². The molecule has 3 aromatic carbocycles. The van der Waals surface area contributed by atoms with Crippen LogP contribution >= 0.6 is 11.6 Å². The molecule has 0 aromatic heterocycles. The molecule has 9 heteroatoms. The van der Waals surface area contributed by atoms with E-state index in [1.165, 1.54) is 35.4 Å². The Morgan fingerprint density at radius 2 is 1.47 bits per heavy atom. The minimum Gasteiger partial charge on any atom is -0.490 e. The number of nitrogens with one attached hydrogen (secondary N) is 2. The van der Waals surface area contributed by atoms with Gasteiger partial charge in [0.15, 0.2) is 5.78 Å². The van der Waals surface area contributed by atoms with Crippen molar-refractivity contribution in [2.24, 2.45) is 5.41 Å². The number of amides is 1. The van der Waals surface area contributed by atoms with Gasteiger partial charge in [0.1, 0.15) is 11.5 Å². The van der Waals surface area contributed by atoms with Gasteiger partial charge in [0, 0.05) is 29.6 Å². The van der Waals surface area contributed by atoms with E-state index in [1.807, 2.05) is 6.07 Å². The third-order valence-corrected chi connectivity index (χ3v) is 9.59. The second-order valence-electron chi connectivity index (χ2n) is 15.0. The number of anilines is 2. The minimum absolute atomic E-state index is 0.0379. The van der Waals surface area contributed by atoms with E-state index in [0.29, 0.717) is 17.3 Å². The van der Waals surface area contributed by atoms with Crippen LogP contribution < -0.4 is 20.1 Å². The number of rotatable bonds is 16. The topological polar surface area (TPSA) is 114 Å². The summed E-state index contributed by atoms with van der Waals surface area (Å²) in [6.07, 6.45) is 1.19. The monoisotopic (exact) mass is 692 g/mol. The molecule has 0 bridgehead atoms. The highest BCUT2D eigenvalue weighted by molar-refractivity contribution is 6.34. The average Bonchev–Trinajstić information content (AvgIpc) is 3.04. The lowest BCUT2D eigenvalue weighted by Crippen LogP contribution is -2.45. The zero-order chi connectivity index (χ0) is 36.7. The summed E-state index contributed by atoms with van der Waals surface area (Å²) in [7, 11) is 0. The van der Waals surface area contributed by atoms with Gasteiger partial charge < -0.3 is 25.2 Å². The van der Waals surface area contributed by atoms with Crippen LogP contribution in [0.2, 0.25) is 5.02 Å². The van der Waals surface area contributed by atoms with Crippen LogP contribution in [-0.2, 0) is 20.4 Å². The van der Waals surface area contributed by atoms with Gasteiger partial charge in [-0.15, -0.1) is 0 Å². The fourth-order valence-corrected chi connectivity index (χ4v) is 5.20. The molecule has 3 N–H and O–H groups in total. The molecule has 0 heterocycles. The Morgan fingerprint density at radius 1 is 0.837 bits per heavy atom. The number of halogens is 1. The van der Waals surface area contributed by atoms with Crippen molar-refractivity contribution < 1.29 is 29.0 Å². The van der Waals surface area contributed by atoms with Crippen molar-refractivity contribution in [1.82, 2.24) is 0 Å². The molecule has 2 atom stereocenters. The fourth-order valence-electron chi connectivity index (χ4n) is 5.03. The number of benzene rings is 3. The number of carbonyl (C=O) groups excluding carboxylic acids is 2. The predicted octanol–water partition coefficient (Wildman–Crippen LogP) is 9.68. The molecule has 0 aliphatic carbocycles. The molecule has 0 fully saturated rings. The van der Waals surface area contributed by atoms with Gasteiger partial charge in [-0.3, -0.25) is 9.59 Å². The summed E-state index contributed by atoms with van der Waals surface area (Å²) in [5, 5.41) is 15.6. The second-order valence-corrected chi connectivity index (χ2v) is 15.4. The first kappa shape index (κ1) is 39.4. The summed E-state index contributed by atoms with van der Waals surface area (Å²) in [6, 6.07) is 17.3. The Balaban J connectivity index is 1.71. The molecule has 8 nitrogen and oxygen atoms in total. The maximum atomic E-state index is 13.5. The van der Waals surface area contributed by atoms with E-state index in [1.54, 1.807) is 32.9 Å². The van der Waals surface area contributed by atoms with Gasteiger partial charge in [0.25, 0.3) is 5.91 Å². The van der Waals surface area contributed by atoms with Crippen LogP contribution in [0.5, 0.6) is 11.5 Å². The largest absolute Gasteiger partial charge is 0.490 e. The first-order valence-electron chi connectivity index (χ1n) is 17.0. The smallest absolute Gasteiger partial charge is 0.335 e. The van der Waals surface area contributed by atoms with E-state index in [2.05, 4.69) is 77.3 Å². The summed E-state index contributed by atoms with van der Waals surface area (Å²) in [5.74, 6) is -1.14. The molecular weight excluding hydrogens is 640 g/mol. The maximum absolute atomic E-state index is 13.5. The number of hydrogen-bond acceptors (Lipinski definition) is 6. The number of hydrogen-bond donors (Lipinski definition) is 3. The highest BCUT2D eigenvalue weighted by atomic mass is 35.5. The molecule has 0 aliphatic rings. The van der Waals surface area contributed by atoms with Crippen molar-refractivity contribution >= 4 is 40.6 Å². The van der Waals surface area contributed by atoms with Gasteiger partial charge in [-0.2, -0.15) is 0 Å². The Kier molecular flexibility index (Phi) is 13.0. The van der Waals surface area contributed by atoms with Gasteiger partial charge in [0.2, 0.25) is 6.10 Å². The first-order chi connectivity index (χ1) is 22.8. The van der Waals surface area contributed by atoms with Crippen molar-refractivity contribution in [2.45, 2.75) is 112 Å². The van der Waals surface area contributed by atoms with Crippen LogP contribution in [0.25, 0.3) is 0 Å².